The van der Waals surface area contributed by atoms with Gasteiger partial charge in [0.05, 0.1) is 5.56 Å². The van der Waals surface area contributed by atoms with E-state index in [9.17, 15) is 5.11 Å². The summed E-state index contributed by atoms with van der Waals surface area (Å²) in [5, 5.41) is 13.6. The van der Waals surface area contributed by atoms with Gasteiger partial charge in [-0.3, -0.25) is 4.98 Å². The van der Waals surface area contributed by atoms with Crippen molar-refractivity contribution in [2.75, 3.05) is 0 Å². The van der Waals surface area contributed by atoms with Gasteiger partial charge in [-0.15, -0.1) is 0 Å². The van der Waals surface area contributed by atoms with Crippen LogP contribution in [0.15, 0.2) is 53.3 Å². The number of rotatable bonds is 3. The quantitative estimate of drug-likeness (QED) is 0.788. The molecule has 0 aliphatic rings. The van der Waals surface area contributed by atoms with Crippen molar-refractivity contribution in [2.45, 2.75) is 0 Å². The molecule has 20 heavy (non-hydrogen) atoms. The molecule has 0 saturated heterocycles. The molecule has 0 amide bonds. The summed E-state index contributed by atoms with van der Waals surface area (Å²) in [7, 11) is 0. The molecular weight excluding hydrogens is 254 g/mol. The molecule has 3 rings (SSSR count). The molecule has 2 aromatic heterocycles. The lowest BCUT2D eigenvalue weighted by molar-refractivity contribution is 0.423. The number of benzene rings is 1. The van der Waals surface area contributed by atoms with Crippen molar-refractivity contribution in [1.29, 1.82) is 0 Å². The lowest BCUT2D eigenvalue weighted by atomic mass is 10.2. The minimum Gasteiger partial charge on any atom is -0.507 e. The predicted octanol–water partition coefficient (Wildman–Crippen LogP) is 3.01. The molecule has 2 heterocycles. The molecule has 5 heteroatoms. The fourth-order valence-electron chi connectivity index (χ4n) is 1.71. The van der Waals surface area contributed by atoms with Gasteiger partial charge in [0.15, 0.2) is 5.82 Å². The van der Waals surface area contributed by atoms with E-state index in [0.717, 1.165) is 5.56 Å². The summed E-state index contributed by atoms with van der Waals surface area (Å²) in [6.45, 7) is 0. The highest BCUT2D eigenvalue weighted by Gasteiger charge is 2.10. The fourth-order valence-corrected chi connectivity index (χ4v) is 1.71. The van der Waals surface area contributed by atoms with E-state index in [1.54, 1.807) is 42.7 Å². The Bertz CT molecular complexity index is 736. The molecule has 0 aliphatic heterocycles. The monoisotopic (exact) mass is 265 g/mol. The number of phenols is 1. The maximum absolute atomic E-state index is 9.73. The summed E-state index contributed by atoms with van der Waals surface area (Å²) in [6.07, 6.45) is 7.01. The van der Waals surface area contributed by atoms with Crippen LogP contribution in [-0.2, 0) is 0 Å². The van der Waals surface area contributed by atoms with E-state index < -0.39 is 0 Å². The average molecular weight is 265 g/mol. The topological polar surface area (TPSA) is 72.0 Å². The van der Waals surface area contributed by atoms with Gasteiger partial charge in [0.1, 0.15) is 5.75 Å². The van der Waals surface area contributed by atoms with Crippen molar-refractivity contribution in [1.82, 2.24) is 15.1 Å². The van der Waals surface area contributed by atoms with Crippen LogP contribution in [0.25, 0.3) is 23.6 Å². The molecule has 0 unspecified atom stereocenters. The summed E-state index contributed by atoms with van der Waals surface area (Å²) in [5.41, 5.74) is 1.46. The lowest BCUT2D eigenvalue weighted by Crippen LogP contribution is -1.79. The highest BCUT2D eigenvalue weighted by molar-refractivity contribution is 5.67. The van der Waals surface area contributed by atoms with E-state index in [-0.39, 0.29) is 11.6 Å². The zero-order valence-electron chi connectivity index (χ0n) is 10.5. The first-order valence-electron chi connectivity index (χ1n) is 6.03. The third-order valence-corrected chi connectivity index (χ3v) is 2.69. The molecule has 0 aliphatic carbocycles. The number of nitrogens with zero attached hydrogens (tertiary/aromatic N) is 3. The summed E-state index contributed by atoms with van der Waals surface area (Å²) in [4.78, 5) is 8.22. The van der Waals surface area contributed by atoms with Crippen molar-refractivity contribution in [3.05, 3.63) is 60.2 Å². The van der Waals surface area contributed by atoms with Crippen LogP contribution >= 0.6 is 0 Å². The smallest absolute Gasteiger partial charge is 0.261 e. The van der Waals surface area contributed by atoms with Gasteiger partial charge in [-0.25, -0.2) is 0 Å². The van der Waals surface area contributed by atoms with Gasteiger partial charge in [-0.2, -0.15) is 4.98 Å². The highest BCUT2D eigenvalue weighted by Crippen LogP contribution is 2.27. The normalized spacial score (nSPS) is 11.0. The van der Waals surface area contributed by atoms with Gasteiger partial charge in [0.25, 0.3) is 5.89 Å². The van der Waals surface area contributed by atoms with E-state index in [1.165, 1.54) is 0 Å². The van der Waals surface area contributed by atoms with E-state index in [4.69, 9.17) is 4.52 Å². The second kappa shape index (κ2) is 5.36. The van der Waals surface area contributed by atoms with E-state index in [0.29, 0.717) is 11.4 Å². The van der Waals surface area contributed by atoms with Crippen LogP contribution in [0.5, 0.6) is 5.75 Å². The van der Waals surface area contributed by atoms with Crippen molar-refractivity contribution in [3.8, 4) is 17.2 Å². The van der Waals surface area contributed by atoms with Gasteiger partial charge in [-0.05, 0) is 35.9 Å². The number of hydrogen-bond acceptors (Lipinski definition) is 5. The molecule has 0 fully saturated rings. The average Bonchev–Trinajstić information content (AvgIpc) is 2.95. The van der Waals surface area contributed by atoms with Crippen molar-refractivity contribution >= 4 is 12.2 Å². The Hall–Kier alpha value is -2.95. The third kappa shape index (κ3) is 2.56. The van der Waals surface area contributed by atoms with Crippen LogP contribution in [0.1, 0.15) is 11.4 Å². The molecule has 0 spiro atoms. The van der Waals surface area contributed by atoms with E-state index >= 15 is 0 Å². The van der Waals surface area contributed by atoms with Crippen LogP contribution < -0.4 is 0 Å². The second-order valence-electron chi connectivity index (χ2n) is 4.09. The van der Waals surface area contributed by atoms with Crippen LogP contribution in [-0.4, -0.2) is 20.2 Å². The molecule has 5 nitrogen and oxygen atoms in total. The molecule has 0 atom stereocenters. The van der Waals surface area contributed by atoms with Crippen LogP contribution in [0.2, 0.25) is 0 Å². The maximum atomic E-state index is 9.73. The first-order valence-corrected chi connectivity index (χ1v) is 6.03. The SMILES string of the molecule is Oc1ccccc1-c1nc(/C=C/c2cccnc2)no1. The molecule has 1 aromatic carbocycles. The summed E-state index contributed by atoms with van der Waals surface area (Å²) in [6, 6.07) is 10.6. The molecule has 0 bridgehead atoms. The zero-order chi connectivity index (χ0) is 13.8. The largest absolute Gasteiger partial charge is 0.507 e. The van der Waals surface area contributed by atoms with Crippen LogP contribution in [0, 0.1) is 0 Å². The van der Waals surface area contributed by atoms with Gasteiger partial charge in [-0.1, -0.05) is 23.4 Å². The standard InChI is InChI=1S/C15H11N3O2/c19-13-6-2-1-5-12(13)15-17-14(18-20-15)8-7-11-4-3-9-16-10-11/h1-10,19H/b8-7+. The van der Waals surface area contributed by atoms with Crippen LogP contribution in [0.3, 0.4) is 0 Å². The highest BCUT2D eigenvalue weighted by atomic mass is 16.5. The molecule has 0 radical (unpaired) electrons. The number of para-hydroxylation sites is 1. The van der Waals surface area contributed by atoms with E-state index in [1.807, 2.05) is 18.2 Å². The molecular formula is C15H11N3O2. The zero-order valence-corrected chi connectivity index (χ0v) is 10.5. The Morgan fingerprint density at radius 3 is 2.75 bits per heavy atom. The lowest BCUT2D eigenvalue weighted by Gasteiger charge is -1.96. The van der Waals surface area contributed by atoms with Gasteiger partial charge in [0.2, 0.25) is 0 Å². The number of hydrogen-bond donors (Lipinski definition) is 1. The van der Waals surface area contributed by atoms with Gasteiger partial charge >= 0.3 is 0 Å². The summed E-state index contributed by atoms with van der Waals surface area (Å²) in [5.74, 6) is 0.833. The minimum absolute atomic E-state index is 0.110. The van der Waals surface area contributed by atoms with Crippen molar-refractivity contribution in [3.63, 3.8) is 0 Å². The Morgan fingerprint density at radius 1 is 1.05 bits per heavy atom. The maximum Gasteiger partial charge on any atom is 0.261 e. The predicted molar refractivity (Wildman–Crippen MR) is 74.6 cm³/mol. The molecule has 3 aromatic rings. The Balaban J connectivity index is 1.85. The Kier molecular flexibility index (Phi) is 3.24. The Labute approximate surface area is 115 Å². The first-order chi connectivity index (χ1) is 9.83. The first kappa shape index (κ1) is 12.1. The third-order valence-electron chi connectivity index (χ3n) is 2.69. The molecule has 98 valence electrons. The van der Waals surface area contributed by atoms with E-state index in [2.05, 4.69) is 15.1 Å². The van der Waals surface area contributed by atoms with Crippen molar-refractivity contribution < 1.29 is 9.63 Å². The Morgan fingerprint density at radius 2 is 1.95 bits per heavy atom. The fraction of sp³-hybridized carbons (Fsp3) is 0. The van der Waals surface area contributed by atoms with Gasteiger partial charge in [0, 0.05) is 12.4 Å². The minimum atomic E-state index is 0.110. The number of aromatic nitrogens is 3. The van der Waals surface area contributed by atoms with Crippen LogP contribution in [0.4, 0.5) is 0 Å². The number of phenolic OH excluding ortho intramolecular Hbond substituents is 1. The molecule has 1 N–H and O–H groups in total. The van der Waals surface area contributed by atoms with Crippen molar-refractivity contribution in [2.24, 2.45) is 0 Å². The summed E-state index contributed by atoms with van der Waals surface area (Å²) >= 11 is 0. The second-order valence-corrected chi connectivity index (χ2v) is 4.09. The van der Waals surface area contributed by atoms with Gasteiger partial charge < -0.3 is 9.63 Å². The summed E-state index contributed by atoms with van der Waals surface area (Å²) < 4.78 is 5.13. The molecule has 0 saturated carbocycles. The number of pyridine rings is 1. The number of aromatic hydroxyl groups is 1.